The number of benzene rings is 2. The maximum Gasteiger partial charge on any atom is 0.416 e. The normalized spacial score (nSPS) is 14.7. The number of ether oxygens (including phenoxy) is 2. The quantitative estimate of drug-likeness (QED) is 0.729. The number of carbonyl (C=O) groups is 1. The van der Waals surface area contributed by atoms with Crippen molar-refractivity contribution in [2.24, 2.45) is 0 Å². The van der Waals surface area contributed by atoms with Crippen LogP contribution in [-0.2, 0) is 10.9 Å². The van der Waals surface area contributed by atoms with E-state index in [0.717, 1.165) is 12.1 Å². The molecule has 1 fully saturated rings. The first-order valence-corrected chi connectivity index (χ1v) is 9.27. The van der Waals surface area contributed by atoms with Crippen LogP contribution in [0.1, 0.15) is 15.9 Å². The Hall–Kier alpha value is -2.26. The van der Waals surface area contributed by atoms with Crippen LogP contribution in [0.3, 0.4) is 0 Å². The molecule has 0 radical (unpaired) electrons. The van der Waals surface area contributed by atoms with Crippen molar-refractivity contribution in [2.75, 3.05) is 43.6 Å². The van der Waals surface area contributed by atoms with Gasteiger partial charge in [0.05, 0.1) is 42.8 Å². The highest BCUT2D eigenvalue weighted by Gasteiger charge is 2.32. The first-order chi connectivity index (χ1) is 13.3. The molecule has 1 aliphatic rings. The van der Waals surface area contributed by atoms with Crippen LogP contribution in [0.15, 0.2) is 40.9 Å². The molecule has 3 rings (SSSR count). The van der Waals surface area contributed by atoms with Gasteiger partial charge in [-0.1, -0.05) is 0 Å². The van der Waals surface area contributed by atoms with Gasteiger partial charge in [0.1, 0.15) is 5.75 Å². The summed E-state index contributed by atoms with van der Waals surface area (Å²) >= 11 is 3.29. The second-order valence-electron chi connectivity index (χ2n) is 6.13. The largest absolute Gasteiger partial charge is 0.497 e. The van der Waals surface area contributed by atoms with E-state index in [0.29, 0.717) is 42.2 Å². The van der Waals surface area contributed by atoms with Gasteiger partial charge in [0.2, 0.25) is 0 Å². The number of rotatable bonds is 4. The summed E-state index contributed by atoms with van der Waals surface area (Å²) < 4.78 is 50.5. The zero-order valence-electron chi connectivity index (χ0n) is 15.0. The fourth-order valence-corrected chi connectivity index (χ4v) is 3.31. The number of methoxy groups -OCH3 is 1. The zero-order valence-corrected chi connectivity index (χ0v) is 16.6. The van der Waals surface area contributed by atoms with Gasteiger partial charge in [-0.3, -0.25) is 4.79 Å². The molecule has 9 heteroatoms. The average molecular weight is 459 g/mol. The first-order valence-electron chi connectivity index (χ1n) is 8.48. The van der Waals surface area contributed by atoms with Gasteiger partial charge in [-0.05, 0) is 52.3 Å². The van der Waals surface area contributed by atoms with E-state index in [2.05, 4.69) is 21.2 Å². The maximum absolute atomic E-state index is 13.2. The van der Waals surface area contributed by atoms with E-state index in [1.54, 1.807) is 12.1 Å². The Bertz CT molecular complexity index is 868. The van der Waals surface area contributed by atoms with Crippen molar-refractivity contribution in [3.05, 3.63) is 52.0 Å². The number of alkyl halides is 3. The van der Waals surface area contributed by atoms with E-state index >= 15 is 0 Å². The van der Waals surface area contributed by atoms with Crippen LogP contribution in [0.5, 0.6) is 5.75 Å². The highest BCUT2D eigenvalue weighted by molar-refractivity contribution is 9.10. The SMILES string of the molecule is COc1ccc(Br)c(C(=O)Nc2cc(C(F)(F)F)ccc2N2CCOCC2)c1. The predicted octanol–water partition coefficient (Wildman–Crippen LogP) is 4.57. The van der Waals surface area contributed by atoms with E-state index in [-0.39, 0.29) is 11.3 Å². The lowest BCUT2D eigenvalue weighted by molar-refractivity contribution is -0.137. The van der Waals surface area contributed by atoms with Gasteiger partial charge in [-0.2, -0.15) is 13.2 Å². The van der Waals surface area contributed by atoms with E-state index < -0.39 is 17.6 Å². The van der Waals surface area contributed by atoms with Gasteiger partial charge < -0.3 is 19.7 Å². The van der Waals surface area contributed by atoms with Crippen LogP contribution >= 0.6 is 15.9 Å². The van der Waals surface area contributed by atoms with E-state index in [9.17, 15) is 18.0 Å². The third-order valence-electron chi connectivity index (χ3n) is 4.34. The standard InChI is InChI=1S/C19H18BrF3N2O3/c1-27-13-3-4-15(20)14(11-13)18(26)24-16-10-12(19(21,22)23)2-5-17(16)25-6-8-28-9-7-25/h2-5,10-11H,6-9H2,1H3,(H,24,26). The molecule has 0 aliphatic carbocycles. The predicted molar refractivity (Wildman–Crippen MR) is 103 cm³/mol. The lowest BCUT2D eigenvalue weighted by atomic mass is 10.1. The van der Waals surface area contributed by atoms with Crippen LogP contribution in [0, 0.1) is 0 Å². The number of amides is 1. The Labute approximate surface area is 168 Å². The fraction of sp³-hybridized carbons (Fsp3) is 0.316. The lowest BCUT2D eigenvalue weighted by Gasteiger charge is -2.31. The monoisotopic (exact) mass is 458 g/mol. The van der Waals surface area contributed by atoms with Crippen molar-refractivity contribution in [3.8, 4) is 5.75 Å². The maximum atomic E-state index is 13.2. The van der Waals surface area contributed by atoms with Crippen molar-refractivity contribution in [1.29, 1.82) is 0 Å². The molecule has 1 aliphatic heterocycles. The Kier molecular flexibility index (Phi) is 6.14. The van der Waals surface area contributed by atoms with Crippen molar-refractivity contribution >= 4 is 33.2 Å². The van der Waals surface area contributed by atoms with E-state index in [1.165, 1.54) is 19.2 Å². The first kappa shape index (κ1) is 20.5. The molecule has 150 valence electrons. The van der Waals surface area contributed by atoms with Gasteiger partial charge in [-0.25, -0.2) is 0 Å². The minimum absolute atomic E-state index is 0.0939. The molecule has 2 aromatic rings. The number of morpholine rings is 1. The number of hydrogen-bond acceptors (Lipinski definition) is 4. The number of nitrogens with zero attached hydrogens (tertiary/aromatic N) is 1. The van der Waals surface area contributed by atoms with Gasteiger partial charge in [-0.15, -0.1) is 0 Å². The zero-order chi connectivity index (χ0) is 20.3. The summed E-state index contributed by atoms with van der Waals surface area (Å²) in [5.41, 5.74) is 0.0364. The second-order valence-corrected chi connectivity index (χ2v) is 6.98. The van der Waals surface area contributed by atoms with Crippen molar-refractivity contribution < 1.29 is 27.4 Å². The second kappa shape index (κ2) is 8.40. The summed E-state index contributed by atoms with van der Waals surface area (Å²) in [6, 6.07) is 8.18. The lowest BCUT2D eigenvalue weighted by Crippen LogP contribution is -2.36. The number of anilines is 2. The van der Waals surface area contributed by atoms with Crippen LogP contribution in [0.25, 0.3) is 0 Å². The molecular formula is C19H18BrF3N2O3. The van der Waals surface area contributed by atoms with E-state index in [4.69, 9.17) is 9.47 Å². The summed E-state index contributed by atoms with van der Waals surface area (Å²) in [5.74, 6) is -0.0783. The van der Waals surface area contributed by atoms with Crippen molar-refractivity contribution in [1.82, 2.24) is 0 Å². The van der Waals surface area contributed by atoms with Crippen molar-refractivity contribution in [3.63, 3.8) is 0 Å². The van der Waals surface area contributed by atoms with Gasteiger partial charge in [0, 0.05) is 17.6 Å². The van der Waals surface area contributed by atoms with Crippen LogP contribution in [-0.4, -0.2) is 39.3 Å². The molecule has 0 spiro atoms. The summed E-state index contributed by atoms with van der Waals surface area (Å²) in [5, 5.41) is 2.62. The van der Waals surface area contributed by atoms with Gasteiger partial charge >= 0.3 is 6.18 Å². The molecule has 0 aromatic heterocycles. The highest BCUT2D eigenvalue weighted by Crippen LogP contribution is 2.36. The molecule has 1 amide bonds. The molecule has 5 nitrogen and oxygen atoms in total. The van der Waals surface area contributed by atoms with Gasteiger partial charge in [0.15, 0.2) is 0 Å². The minimum atomic E-state index is -4.51. The number of nitrogens with one attached hydrogen (secondary N) is 1. The third kappa shape index (κ3) is 4.59. The molecule has 1 saturated heterocycles. The Morgan fingerprint density at radius 1 is 1.18 bits per heavy atom. The molecular weight excluding hydrogens is 441 g/mol. The molecule has 0 unspecified atom stereocenters. The number of hydrogen-bond donors (Lipinski definition) is 1. The molecule has 0 saturated carbocycles. The number of carbonyl (C=O) groups excluding carboxylic acids is 1. The van der Waals surface area contributed by atoms with Crippen LogP contribution in [0.2, 0.25) is 0 Å². The Morgan fingerprint density at radius 2 is 1.89 bits per heavy atom. The Morgan fingerprint density at radius 3 is 2.54 bits per heavy atom. The van der Waals surface area contributed by atoms with Crippen LogP contribution < -0.4 is 15.0 Å². The topological polar surface area (TPSA) is 50.8 Å². The summed E-state index contributed by atoms with van der Waals surface area (Å²) in [6.07, 6.45) is -4.51. The Balaban J connectivity index is 1.97. The van der Waals surface area contributed by atoms with Gasteiger partial charge in [0.25, 0.3) is 5.91 Å². The number of halogens is 4. The molecule has 28 heavy (non-hydrogen) atoms. The van der Waals surface area contributed by atoms with E-state index in [1.807, 2.05) is 4.90 Å². The molecule has 0 atom stereocenters. The molecule has 1 heterocycles. The highest BCUT2D eigenvalue weighted by atomic mass is 79.9. The van der Waals surface area contributed by atoms with Crippen LogP contribution in [0.4, 0.5) is 24.5 Å². The average Bonchev–Trinajstić information content (AvgIpc) is 2.68. The smallest absolute Gasteiger partial charge is 0.416 e. The fourth-order valence-electron chi connectivity index (χ4n) is 2.89. The molecule has 0 bridgehead atoms. The summed E-state index contributed by atoms with van der Waals surface area (Å²) in [6.45, 7) is 1.99. The van der Waals surface area contributed by atoms with Crippen molar-refractivity contribution in [2.45, 2.75) is 6.18 Å². The summed E-state index contributed by atoms with van der Waals surface area (Å²) in [4.78, 5) is 14.7. The minimum Gasteiger partial charge on any atom is -0.497 e. The molecule has 2 aromatic carbocycles. The molecule has 1 N–H and O–H groups in total. The summed E-state index contributed by atoms with van der Waals surface area (Å²) in [7, 11) is 1.47. The third-order valence-corrected chi connectivity index (χ3v) is 5.03.